The fourth-order valence-electron chi connectivity index (χ4n) is 1.76. The lowest BCUT2D eigenvalue weighted by Gasteiger charge is -2.17. The molecule has 2 rings (SSSR count). The zero-order valence-electron chi connectivity index (χ0n) is 11.8. The van der Waals surface area contributed by atoms with Crippen LogP contribution in [0.5, 0.6) is 0 Å². The maximum Gasteiger partial charge on any atom is 0.335 e. The van der Waals surface area contributed by atoms with Gasteiger partial charge in [-0.15, -0.1) is 0 Å². The van der Waals surface area contributed by atoms with E-state index in [9.17, 15) is 9.18 Å². The Morgan fingerprint density at radius 3 is 2.43 bits per heavy atom. The van der Waals surface area contributed by atoms with Crippen molar-refractivity contribution < 1.29 is 14.3 Å². The van der Waals surface area contributed by atoms with Gasteiger partial charge < -0.3 is 5.11 Å². The normalized spacial score (nSPS) is 11.5. The highest BCUT2D eigenvalue weighted by molar-refractivity contribution is 9.10. The van der Waals surface area contributed by atoms with Crippen molar-refractivity contribution in [2.75, 3.05) is 0 Å². The van der Waals surface area contributed by atoms with Crippen LogP contribution in [-0.4, -0.2) is 21.0 Å². The summed E-state index contributed by atoms with van der Waals surface area (Å²) in [4.78, 5) is 19.7. The number of hydrogen-bond donors (Lipinski definition) is 1. The molecule has 1 N–H and O–H groups in total. The van der Waals surface area contributed by atoms with Crippen molar-refractivity contribution in [3.05, 3.63) is 46.1 Å². The molecule has 0 aliphatic rings. The number of rotatable bonds is 2. The molecule has 0 aliphatic heterocycles. The van der Waals surface area contributed by atoms with Crippen LogP contribution in [0.1, 0.15) is 37.0 Å². The predicted molar refractivity (Wildman–Crippen MR) is 80.8 cm³/mol. The van der Waals surface area contributed by atoms with Crippen LogP contribution in [0.2, 0.25) is 0 Å². The summed E-state index contributed by atoms with van der Waals surface area (Å²) in [6.07, 6.45) is 0. The summed E-state index contributed by atoms with van der Waals surface area (Å²) in [5.74, 6) is -1.20. The molecule has 0 fully saturated rings. The van der Waals surface area contributed by atoms with Crippen LogP contribution >= 0.6 is 15.9 Å². The van der Waals surface area contributed by atoms with Crippen LogP contribution in [-0.2, 0) is 5.41 Å². The Bertz CT molecular complexity index is 711. The monoisotopic (exact) mass is 352 g/mol. The van der Waals surface area contributed by atoms with Crippen molar-refractivity contribution in [2.45, 2.75) is 26.2 Å². The number of benzene rings is 1. The number of carboxylic acids is 1. The second kappa shape index (κ2) is 5.52. The van der Waals surface area contributed by atoms with E-state index in [4.69, 9.17) is 5.11 Å². The Morgan fingerprint density at radius 1 is 1.19 bits per heavy atom. The summed E-state index contributed by atoms with van der Waals surface area (Å²) >= 11 is 3.31. The minimum atomic E-state index is -1.18. The molecule has 0 spiro atoms. The summed E-state index contributed by atoms with van der Waals surface area (Å²) in [5, 5.41) is 9.01. The summed E-state index contributed by atoms with van der Waals surface area (Å²) in [7, 11) is 0. The molecule has 1 heterocycles. The Morgan fingerprint density at radius 2 is 1.86 bits per heavy atom. The van der Waals surface area contributed by atoms with Crippen molar-refractivity contribution in [3.63, 3.8) is 0 Å². The first-order chi connectivity index (χ1) is 9.66. The number of hydrogen-bond acceptors (Lipinski definition) is 3. The third-order valence-electron chi connectivity index (χ3n) is 2.81. The molecule has 0 bridgehead atoms. The number of aromatic nitrogens is 2. The molecule has 2 aromatic rings. The van der Waals surface area contributed by atoms with Gasteiger partial charge in [-0.2, -0.15) is 0 Å². The van der Waals surface area contributed by atoms with E-state index in [2.05, 4.69) is 25.9 Å². The quantitative estimate of drug-likeness (QED) is 0.828. The predicted octanol–water partition coefficient (Wildman–Crippen LogP) is 4.04. The highest BCUT2D eigenvalue weighted by Crippen LogP contribution is 2.26. The Labute approximate surface area is 130 Å². The molecule has 1 aromatic carbocycles. The van der Waals surface area contributed by atoms with Gasteiger partial charge in [0.15, 0.2) is 0 Å². The van der Waals surface area contributed by atoms with Crippen molar-refractivity contribution >= 4 is 21.9 Å². The first-order valence-corrected chi connectivity index (χ1v) is 7.05. The zero-order valence-corrected chi connectivity index (χ0v) is 13.4. The molecule has 0 radical (unpaired) electrons. The summed E-state index contributed by atoms with van der Waals surface area (Å²) in [6.45, 7) is 5.90. The molecule has 0 saturated carbocycles. The average molecular weight is 353 g/mol. The minimum absolute atomic E-state index is 0.114. The number of aromatic carboxylic acids is 1. The number of nitrogens with zero attached hydrogens (tertiary/aromatic N) is 2. The summed E-state index contributed by atoms with van der Waals surface area (Å²) in [5.41, 5.74) is 0.489. The summed E-state index contributed by atoms with van der Waals surface area (Å²) in [6, 6.07) is 5.27. The second-order valence-electron chi connectivity index (χ2n) is 5.68. The van der Waals surface area contributed by atoms with E-state index >= 15 is 0 Å². The molecule has 0 saturated heterocycles. The molecule has 0 amide bonds. The maximum absolute atomic E-state index is 13.6. The van der Waals surface area contributed by atoms with Crippen LogP contribution in [0.15, 0.2) is 28.9 Å². The van der Waals surface area contributed by atoms with Gasteiger partial charge in [0.1, 0.15) is 16.2 Å². The Hall–Kier alpha value is -1.82. The van der Waals surface area contributed by atoms with Crippen LogP contribution in [0.3, 0.4) is 0 Å². The lowest BCUT2D eigenvalue weighted by Crippen LogP contribution is -2.16. The van der Waals surface area contributed by atoms with E-state index < -0.39 is 11.8 Å². The molecule has 0 unspecified atom stereocenters. The number of carbonyl (C=O) groups is 1. The fourth-order valence-corrected chi connectivity index (χ4v) is 2.15. The van der Waals surface area contributed by atoms with E-state index in [0.717, 1.165) is 6.07 Å². The maximum atomic E-state index is 13.6. The van der Waals surface area contributed by atoms with Gasteiger partial charge in [0.25, 0.3) is 0 Å². The first kappa shape index (κ1) is 15.6. The molecule has 1 aromatic heterocycles. The number of halogens is 2. The van der Waals surface area contributed by atoms with Gasteiger partial charge in [-0.25, -0.2) is 19.2 Å². The highest BCUT2D eigenvalue weighted by Gasteiger charge is 2.19. The lowest BCUT2D eigenvalue weighted by molar-refractivity contribution is 0.0696. The van der Waals surface area contributed by atoms with Crippen molar-refractivity contribution in [1.82, 2.24) is 9.97 Å². The van der Waals surface area contributed by atoms with E-state index in [0.29, 0.717) is 21.7 Å². The molecule has 21 heavy (non-hydrogen) atoms. The Kier molecular flexibility index (Phi) is 4.09. The first-order valence-electron chi connectivity index (χ1n) is 6.26. The standard InChI is InChI=1S/C15H14BrFN2O2/c1-15(2,3)14-18-11(7-12(16)19-14)8-4-9(13(20)21)6-10(17)5-8/h4-7H,1-3H3,(H,20,21). The van der Waals surface area contributed by atoms with Crippen LogP contribution in [0, 0.1) is 5.82 Å². The minimum Gasteiger partial charge on any atom is -0.478 e. The van der Waals surface area contributed by atoms with E-state index in [-0.39, 0.29) is 11.0 Å². The largest absolute Gasteiger partial charge is 0.478 e. The smallest absolute Gasteiger partial charge is 0.335 e. The highest BCUT2D eigenvalue weighted by atomic mass is 79.9. The molecule has 0 aliphatic carbocycles. The molecule has 0 atom stereocenters. The van der Waals surface area contributed by atoms with Crippen LogP contribution < -0.4 is 0 Å². The zero-order chi connectivity index (χ0) is 15.8. The van der Waals surface area contributed by atoms with Crippen molar-refractivity contribution in [2.24, 2.45) is 0 Å². The van der Waals surface area contributed by atoms with Gasteiger partial charge in [0.2, 0.25) is 0 Å². The molecular weight excluding hydrogens is 339 g/mol. The van der Waals surface area contributed by atoms with Crippen LogP contribution in [0.25, 0.3) is 11.3 Å². The molecule has 110 valence electrons. The molecular formula is C15H14BrFN2O2. The third-order valence-corrected chi connectivity index (χ3v) is 3.21. The SMILES string of the molecule is CC(C)(C)c1nc(Br)cc(-c2cc(F)cc(C(=O)O)c2)n1. The van der Waals surface area contributed by atoms with Gasteiger partial charge in [-0.3, -0.25) is 0 Å². The average Bonchev–Trinajstić information content (AvgIpc) is 2.36. The molecule has 4 nitrogen and oxygen atoms in total. The van der Waals surface area contributed by atoms with Crippen molar-refractivity contribution in [1.29, 1.82) is 0 Å². The third kappa shape index (κ3) is 3.64. The van der Waals surface area contributed by atoms with Crippen molar-refractivity contribution in [3.8, 4) is 11.3 Å². The van der Waals surface area contributed by atoms with Gasteiger partial charge in [0, 0.05) is 11.0 Å². The number of carboxylic acid groups (broad SMARTS) is 1. The van der Waals surface area contributed by atoms with Gasteiger partial charge in [0.05, 0.1) is 11.3 Å². The van der Waals surface area contributed by atoms with E-state index in [1.807, 2.05) is 20.8 Å². The van der Waals surface area contributed by atoms with Gasteiger partial charge >= 0.3 is 5.97 Å². The Balaban J connectivity index is 2.62. The second-order valence-corrected chi connectivity index (χ2v) is 6.50. The topological polar surface area (TPSA) is 63.1 Å². The van der Waals surface area contributed by atoms with E-state index in [1.165, 1.54) is 12.1 Å². The molecule has 6 heteroatoms. The van der Waals surface area contributed by atoms with E-state index in [1.54, 1.807) is 6.07 Å². The lowest BCUT2D eigenvalue weighted by atomic mass is 9.95. The fraction of sp³-hybridized carbons (Fsp3) is 0.267. The summed E-state index contributed by atoms with van der Waals surface area (Å²) < 4.78 is 14.2. The van der Waals surface area contributed by atoms with Crippen LogP contribution in [0.4, 0.5) is 4.39 Å². The van der Waals surface area contributed by atoms with Gasteiger partial charge in [-0.1, -0.05) is 20.8 Å². The van der Waals surface area contributed by atoms with Gasteiger partial charge in [-0.05, 0) is 40.2 Å².